The lowest BCUT2D eigenvalue weighted by Crippen LogP contribution is -2.38. The van der Waals surface area contributed by atoms with Gasteiger partial charge in [0.15, 0.2) is 8.67 Å². The Hall–Kier alpha value is 0.570. The average molecular weight is 332 g/mol. The molecule has 0 saturated carbocycles. The summed E-state index contributed by atoms with van der Waals surface area (Å²) >= 11 is 24.2. The molecule has 0 aliphatic heterocycles. The Bertz CT molecular complexity index is 326. The lowest BCUT2D eigenvalue weighted by molar-refractivity contribution is -0.120. The first kappa shape index (κ1) is 16.6. The van der Waals surface area contributed by atoms with Gasteiger partial charge in [-0.25, -0.2) is 0 Å². The van der Waals surface area contributed by atoms with Crippen LogP contribution in [0.15, 0.2) is 11.1 Å². The number of alkyl halides is 4. The standard InChI is InChI=1S/C11H12Cl4O.C2H6/c12-10(13)5-7-3-1-2-4-8(7)6-11(14,15)9(10)16;1-2/h1-6H2;1-2H3. The van der Waals surface area contributed by atoms with Crippen LogP contribution in [0.5, 0.6) is 0 Å². The maximum atomic E-state index is 12.0. The summed E-state index contributed by atoms with van der Waals surface area (Å²) in [6, 6.07) is 0. The molecule has 0 fully saturated rings. The van der Waals surface area contributed by atoms with Crippen molar-refractivity contribution >= 4 is 52.2 Å². The van der Waals surface area contributed by atoms with Gasteiger partial charge in [0.25, 0.3) is 0 Å². The second-order valence-electron chi connectivity index (χ2n) is 4.51. The van der Waals surface area contributed by atoms with Gasteiger partial charge in [0.05, 0.1) is 0 Å². The summed E-state index contributed by atoms with van der Waals surface area (Å²) in [4.78, 5) is 12.0. The van der Waals surface area contributed by atoms with E-state index in [2.05, 4.69) is 0 Å². The summed E-state index contributed by atoms with van der Waals surface area (Å²) in [5.74, 6) is -0.485. The molecule has 5 heteroatoms. The smallest absolute Gasteiger partial charge is 0.205 e. The molecule has 0 aromatic heterocycles. The van der Waals surface area contributed by atoms with Crippen molar-refractivity contribution in [3.8, 4) is 0 Å². The van der Waals surface area contributed by atoms with Gasteiger partial charge in [-0.15, -0.1) is 0 Å². The molecule has 0 saturated heterocycles. The van der Waals surface area contributed by atoms with E-state index in [1.165, 1.54) is 11.1 Å². The van der Waals surface area contributed by atoms with E-state index in [9.17, 15) is 4.79 Å². The van der Waals surface area contributed by atoms with Crippen LogP contribution in [-0.2, 0) is 4.79 Å². The van der Waals surface area contributed by atoms with Crippen LogP contribution >= 0.6 is 46.4 Å². The van der Waals surface area contributed by atoms with Crippen molar-refractivity contribution in [1.29, 1.82) is 0 Å². The highest BCUT2D eigenvalue weighted by molar-refractivity contribution is 6.68. The van der Waals surface area contributed by atoms with Crippen LogP contribution < -0.4 is 0 Å². The molecule has 0 aromatic rings. The first-order valence-corrected chi connectivity index (χ1v) is 7.84. The molecule has 0 amide bonds. The van der Waals surface area contributed by atoms with Crippen molar-refractivity contribution in [3.63, 3.8) is 0 Å². The average Bonchev–Trinajstić information content (AvgIpc) is 2.38. The maximum absolute atomic E-state index is 12.0. The largest absolute Gasteiger partial charge is 0.293 e. The Morgan fingerprint density at radius 3 is 1.50 bits per heavy atom. The van der Waals surface area contributed by atoms with Gasteiger partial charge in [0, 0.05) is 12.8 Å². The number of rotatable bonds is 0. The van der Waals surface area contributed by atoms with Crippen LogP contribution in [0.1, 0.15) is 52.4 Å². The number of carbonyl (C=O) groups excluding carboxylic acids is 1. The van der Waals surface area contributed by atoms with Crippen molar-refractivity contribution in [3.05, 3.63) is 11.1 Å². The third-order valence-corrected chi connectivity index (χ3v) is 4.46. The molecule has 2 aliphatic carbocycles. The van der Waals surface area contributed by atoms with E-state index in [-0.39, 0.29) is 0 Å². The minimum atomic E-state index is -1.47. The summed E-state index contributed by atoms with van der Waals surface area (Å²) < 4.78 is -2.95. The normalized spacial score (nSPS) is 25.8. The van der Waals surface area contributed by atoms with Crippen LogP contribution in [0.25, 0.3) is 0 Å². The monoisotopic (exact) mass is 330 g/mol. The molecule has 104 valence electrons. The fraction of sp³-hybridized carbons (Fsp3) is 0.769. The topological polar surface area (TPSA) is 17.1 Å². The quantitative estimate of drug-likeness (QED) is 0.417. The first-order chi connectivity index (χ1) is 8.33. The van der Waals surface area contributed by atoms with Crippen molar-refractivity contribution < 1.29 is 4.79 Å². The zero-order valence-electron chi connectivity index (χ0n) is 10.7. The predicted octanol–water partition coefficient (Wildman–Crippen LogP) is 5.59. The zero-order chi connectivity index (χ0) is 14.0. The molecular weight excluding hydrogens is 314 g/mol. The van der Waals surface area contributed by atoms with E-state index in [0.717, 1.165) is 25.7 Å². The lowest BCUT2D eigenvalue weighted by Gasteiger charge is -2.23. The van der Waals surface area contributed by atoms with Gasteiger partial charge in [0.2, 0.25) is 5.78 Å². The molecule has 0 spiro atoms. The number of hydrogen-bond donors (Lipinski definition) is 0. The number of halogens is 4. The van der Waals surface area contributed by atoms with Crippen LogP contribution in [0.2, 0.25) is 0 Å². The molecule has 0 N–H and O–H groups in total. The molecular formula is C13H18Cl4O. The highest BCUT2D eigenvalue weighted by Gasteiger charge is 2.50. The Labute approximate surface area is 129 Å². The minimum Gasteiger partial charge on any atom is -0.293 e. The molecule has 0 radical (unpaired) electrons. The summed E-state index contributed by atoms with van der Waals surface area (Å²) in [5.41, 5.74) is 2.35. The predicted molar refractivity (Wildman–Crippen MR) is 80.0 cm³/mol. The number of hydrogen-bond acceptors (Lipinski definition) is 1. The Balaban J connectivity index is 0.000000771. The molecule has 2 rings (SSSR count). The van der Waals surface area contributed by atoms with Crippen LogP contribution in [-0.4, -0.2) is 14.4 Å². The SMILES string of the molecule is CC.O=C1C(Cl)(Cl)CC2=C(CCCC2)CC1(Cl)Cl. The van der Waals surface area contributed by atoms with Gasteiger partial charge >= 0.3 is 0 Å². The summed E-state index contributed by atoms with van der Waals surface area (Å²) in [7, 11) is 0. The summed E-state index contributed by atoms with van der Waals surface area (Å²) in [6.45, 7) is 4.00. The zero-order valence-corrected chi connectivity index (χ0v) is 13.7. The molecule has 0 bridgehead atoms. The van der Waals surface area contributed by atoms with Crippen LogP contribution in [0.4, 0.5) is 0 Å². The number of allylic oxidation sites excluding steroid dienone is 2. The van der Waals surface area contributed by atoms with Crippen LogP contribution in [0.3, 0.4) is 0 Å². The fourth-order valence-electron chi connectivity index (χ4n) is 2.42. The molecule has 1 nitrogen and oxygen atoms in total. The van der Waals surface area contributed by atoms with Gasteiger partial charge in [0.1, 0.15) is 0 Å². The van der Waals surface area contributed by atoms with Crippen molar-refractivity contribution in [2.75, 3.05) is 0 Å². The van der Waals surface area contributed by atoms with Crippen molar-refractivity contribution in [2.45, 2.75) is 61.0 Å². The summed E-state index contributed by atoms with van der Waals surface area (Å²) in [5, 5.41) is 0. The molecule has 0 aromatic carbocycles. The number of Topliss-reactive ketones (excluding diaryl/α,β-unsaturated/α-hetero) is 1. The Morgan fingerprint density at radius 2 is 1.17 bits per heavy atom. The highest BCUT2D eigenvalue weighted by atomic mass is 35.5. The van der Waals surface area contributed by atoms with E-state index < -0.39 is 14.4 Å². The highest BCUT2D eigenvalue weighted by Crippen LogP contribution is 2.48. The first-order valence-electron chi connectivity index (χ1n) is 6.33. The van der Waals surface area contributed by atoms with E-state index in [1.54, 1.807) is 0 Å². The molecule has 2 aliphatic rings. The van der Waals surface area contributed by atoms with Gasteiger partial charge in [-0.2, -0.15) is 0 Å². The third kappa shape index (κ3) is 3.56. The van der Waals surface area contributed by atoms with Crippen molar-refractivity contribution in [1.82, 2.24) is 0 Å². The fourth-order valence-corrected chi connectivity index (χ4v) is 3.91. The summed E-state index contributed by atoms with van der Waals surface area (Å²) in [6.07, 6.45) is 4.88. The van der Waals surface area contributed by atoms with E-state index in [0.29, 0.717) is 12.8 Å². The van der Waals surface area contributed by atoms with Crippen molar-refractivity contribution in [2.24, 2.45) is 0 Å². The molecule has 18 heavy (non-hydrogen) atoms. The van der Waals surface area contributed by atoms with E-state index in [1.807, 2.05) is 13.8 Å². The minimum absolute atomic E-state index is 0.367. The number of carbonyl (C=O) groups is 1. The molecule has 0 atom stereocenters. The Kier molecular flexibility index (Phi) is 5.86. The van der Waals surface area contributed by atoms with E-state index in [4.69, 9.17) is 46.4 Å². The van der Waals surface area contributed by atoms with Crippen LogP contribution in [0, 0.1) is 0 Å². The second-order valence-corrected chi connectivity index (χ2v) is 7.47. The molecule has 0 heterocycles. The van der Waals surface area contributed by atoms with Gasteiger partial charge in [-0.1, -0.05) is 71.4 Å². The molecule has 0 unspecified atom stereocenters. The Morgan fingerprint density at radius 1 is 0.833 bits per heavy atom. The second kappa shape index (κ2) is 6.35. The van der Waals surface area contributed by atoms with Gasteiger partial charge in [-0.05, 0) is 25.7 Å². The number of ketones is 1. The van der Waals surface area contributed by atoms with Gasteiger partial charge < -0.3 is 0 Å². The maximum Gasteiger partial charge on any atom is 0.205 e. The lowest BCUT2D eigenvalue weighted by atomic mass is 9.89. The third-order valence-electron chi connectivity index (χ3n) is 3.24. The van der Waals surface area contributed by atoms with Gasteiger partial charge in [-0.3, -0.25) is 4.79 Å². The van der Waals surface area contributed by atoms with E-state index >= 15 is 0 Å².